The maximum atomic E-state index is 5.43. The Balaban J connectivity index is 1.65. The van der Waals surface area contributed by atoms with Crippen LogP contribution in [0, 0.1) is 5.92 Å². The first kappa shape index (κ1) is 16.1. The number of ether oxygens (including phenoxy) is 1. The van der Waals surface area contributed by atoms with Crippen LogP contribution in [-0.2, 0) is 11.3 Å². The first-order valence-electron chi connectivity index (χ1n) is 8.65. The fourth-order valence-corrected chi connectivity index (χ4v) is 2.68. The molecule has 0 radical (unpaired) electrons. The molecule has 1 aliphatic carbocycles. The summed E-state index contributed by atoms with van der Waals surface area (Å²) in [5, 5.41) is 6.76. The number of morpholine rings is 1. The van der Waals surface area contributed by atoms with Crippen molar-refractivity contribution in [3.05, 3.63) is 23.9 Å². The summed E-state index contributed by atoms with van der Waals surface area (Å²) in [5.74, 6) is 2.77. The number of rotatable bonds is 6. The highest BCUT2D eigenvalue weighted by Gasteiger charge is 2.21. The van der Waals surface area contributed by atoms with E-state index in [4.69, 9.17) is 9.73 Å². The van der Waals surface area contributed by atoms with E-state index in [0.717, 1.165) is 62.7 Å². The van der Waals surface area contributed by atoms with Gasteiger partial charge in [0.25, 0.3) is 0 Å². The summed E-state index contributed by atoms with van der Waals surface area (Å²) < 4.78 is 5.43. The van der Waals surface area contributed by atoms with Crippen molar-refractivity contribution in [1.82, 2.24) is 15.6 Å². The molecular formula is C17H27N5O. The Morgan fingerprint density at radius 1 is 1.35 bits per heavy atom. The van der Waals surface area contributed by atoms with Gasteiger partial charge >= 0.3 is 0 Å². The summed E-state index contributed by atoms with van der Waals surface area (Å²) in [5.41, 5.74) is 1.16. The van der Waals surface area contributed by atoms with Crippen molar-refractivity contribution in [2.75, 3.05) is 44.3 Å². The van der Waals surface area contributed by atoms with Crippen molar-refractivity contribution in [2.45, 2.75) is 26.3 Å². The number of nitrogens with zero attached hydrogens (tertiary/aromatic N) is 3. The SMILES string of the molecule is CCNC(=NCc1cccnc1N1CCOCC1)NCC1CC1. The van der Waals surface area contributed by atoms with E-state index in [1.165, 1.54) is 12.8 Å². The third kappa shape index (κ3) is 4.82. The van der Waals surface area contributed by atoms with Crippen molar-refractivity contribution < 1.29 is 4.74 Å². The molecule has 2 heterocycles. The Labute approximate surface area is 138 Å². The molecule has 3 rings (SSSR count). The molecule has 23 heavy (non-hydrogen) atoms. The van der Waals surface area contributed by atoms with Crippen LogP contribution in [0.25, 0.3) is 0 Å². The van der Waals surface area contributed by atoms with Crippen LogP contribution in [0.1, 0.15) is 25.3 Å². The Hall–Kier alpha value is -1.82. The lowest BCUT2D eigenvalue weighted by Gasteiger charge is -2.29. The summed E-state index contributed by atoms with van der Waals surface area (Å²) in [6, 6.07) is 4.10. The van der Waals surface area contributed by atoms with E-state index in [0.29, 0.717) is 6.54 Å². The molecule has 0 unspecified atom stereocenters. The lowest BCUT2D eigenvalue weighted by atomic mass is 10.2. The second kappa shape index (κ2) is 8.15. The van der Waals surface area contributed by atoms with Crippen LogP contribution in [0.2, 0.25) is 0 Å². The van der Waals surface area contributed by atoms with E-state index >= 15 is 0 Å². The molecule has 1 aromatic rings. The molecule has 1 aliphatic heterocycles. The molecule has 126 valence electrons. The fraction of sp³-hybridized carbons (Fsp3) is 0.647. The quantitative estimate of drug-likeness (QED) is 0.613. The van der Waals surface area contributed by atoms with Crippen LogP contribution in [0.15, 0.2) is 23.3 Å². The topological polar surface area (TPSA) is 61.8 Å². The first-order valence-corrected chi connectivity index (χ1v) is 8.65. The largest absolute Gasteiger partial charge is 0.378 e. The predicted octanol–water partition coefficient (Wildman–Crippen LogP) is 1.38. The summed E-state index contributed by atoms with van der Waals surface area (Å²) in [6.07, 6.45) is 4.54. The first-order chi connectivity index (χ1) is 11.4. The van der Waals surface area contributed by atoms with Gasteiger partial charge in [-0.15, -0.1) is 0 Å². The summed E-state index contributed by atoms with van der Waals surface area (Å²) in [6.45, 7) is 7.96. The van der Waals surface area contributed by atoms with Crippen molar-refractivity contribution in [1.29, 1.82) is 0 Å². The molecule has 0 aromatic carbocycles. The maximum Gasteiger partial charge on any atom is 0.191 e. The van der Waals surface area contributed by atoms with Crippen molar-refractivity contribution in [2.24, 2.45) is 10.9 Å². The van der Waals surface area contributed by atoms with E-state index in [1.807, 2.05) is 12.3 Å². The molecule has 1 aromatic heterocycles. The van der Waals surface area contributed by atoms with Gasteiger partial charge in [-0.2, -0.15) is 0 Å². The molecule has 0 spiro atoms. The average molecular weight is 317 g/mol. The molecule has 1 saturated heterocycles. The van der Waals surface area contributed by atoms with Crippen molar-refractivity contribution in [3.63, 3.8) is 0 Å². The highest BCUT2D eigenvalue weighted by molar-refractivity contribution is 5.79. The highest BCUT2D eigenvalue weighted by atomic mass is 16.5. The number of nitrogens with one attached hydrogen (secondary N) is 2. The number of anilines is 1. The normalized spacial score (nSPS) is 18.8. The van der Waals surface area contributed by atoms with E-state index < -0.39 is 0 Å². The molecule has 1 saturated carbocycles. The van der Waals surface area contributed by atoms with Crippen molar-refractivity contribution >= 4 is 11.8 Å². The van der Waals surface area contributed by atoms with Gasteiger partial charge in [0, 0.05) is 37.9 Å². The molecule has 2 aliphatic rings. The van der Waals surface area contributed by atoms with Crippen LogP contribution in [0.5, 0.6) is 0 Å². The smallest absolute Gasteiger partial charge is 0.191 e. The maximum absolute atomic E-state index is 5.43. The Morgan fingerprint density at radius 2 is 2.17 bits per heavy atom. The number of aliphatic imine (C=N–C) groups is 1. The minimum Gasteiger partial charge on any atom is -0.378 e. The second-order valence-electron chi connectivity index (χ2n) is 6.10. The van der Waals surface area contributed by atoms with Gasteiger partial charge in [0.1, 0.15) is 5.82 Å². The predicted molar refractivity (Wildman–Crippen MR) is 92.8 cm³/mol. The molecule has 6 heteroatoms. The Morgan fingerprint density at radius 3 is 2.91 bits per heavy atom. The average Bonchev–Trinajstić information content (AvgIpc) is 3.43. The van der Waals surface area contributed by atoms with Crippen LogP contribution >= 0.6 is 0 Å². The lowest BCUT2D eigenvalue weighted by Crippen LogP contribution is -2.38. The monoisotopic (exact) mass is 317 g/mol. The van der Waals surface area contributed by atoms with Gasteiger partial charge in [-0.25, -0.2) is 9.98 Å². The van der Waals surface area contributed by atoms with Crippen LogP contribution in [0.4, 0.5) is 5.82 Å². The molecule has 2 N–H and O–H groups in total. The summed E-state index contributed by atoms with van der Waals surface area (Å²) in [7, 11) is 0. The molecule has 0 bridgehead atoms. The zero-order chi connectivity index (χ0) is 15.9. The standard InChI is InChI=1S/C17H27N5O/c1-2-18-17(20-12-14-5-6-14)21-13-15-4-3-7-19-16(15)22-8-10-23-11-9-22/h3-4,7,14H,2,5-6,8-13H2,1H3,(H2,18,20,21). The number of aromatic nitrogens is 1. The van der Waals surface area contributed by atoms with Crippen LogP contribution < -0.4 is 15.5 Å². The number of guanidine groups is 1. The molecule has 6 nitrogen and oxygen atoms in total. The van der Waals surface area contributed by atoms with Gasteiger partial charge in [-0.3, -0.25) is 0 Å². The molecule has 0 atom stereocenters. The van der Waals surface area contributed by atoms with E-state index in [1.54, 1.807) is 0 Å². The Bertz CT molecular complexity index is 523. The molecule has 2 fully saturated rings. The lowest BCUT2D eigenvalue weighted by molar-refractivity contribution is 0.122. The van der Waals surface area contributed by atoms with Gasteiger partial charge in [0.2, 0.25) is 0 Å². The number of hydrogen-bond acceptors (Lipinski definition) is 4. The summed E-state index contributed by atoms with van der Waals surface area (Å²) >= 11 is 0. The third-order valence-electron chi connectivity index (χ3n) is 4.18. The van der Waals surface area contributed by atoms with Gasteiger partial charge in [-0.1, -0.05) is 6.07 Å². The van der Waals surface area contributed by atoms with E-state index in [2.05, 4.69) is 33.5 Å². The zero-order valence-corrected chi connectivity index (χ0v) is 13.9. The van der Waals surface area contributed by atoms with E-state index in [9.17, 15) is 0 Å². The third-order valence-corrected chi connectivity index (χ3v) is 4.18. The highest BCUT2D eigenvalue weighted by Crippen LogP contribution is 2.27. The zero-order valence-electron chi connectivity index (χ0n) is 13.9. The van der Waals surface area contributed by atoms with Gasteiger partial charge in [0.05, 0.1) is 19.8 Å². The number of hydrogen-bond donors (Lipinski definition) is 2. The minimum atomic E-state index is 0.639. The fourth-order valence-electron chi connectivity index (χ4n) is 2.68. The van der Waals surface area contributed by atoms with Crippen molar-refractivity contribution in [3.8, 4) is 0 Å². The minimum absolute atomic E-state index is 0.639. The molecule has 0 amide bonds. The molecular weight excluding hydrogens is 290 g/mol. The van der Waals surface area contributed by atoms with Gasteiger partial charge in [-0.05, 0) is 31.7 Å². The summed E-state index contributed by atoms with van der Waals surface area (Å²) in [4.78, 5) is 11.6. The van der Waals surface area contributed by atoms with Crippen LogP contribution in [-0.4, -0.2) is 50.3 Å². The van der Waals surface area contributed by atoms with Gasteiger partial charge in [0.15, 0.2) is 5.96 Å². The van der Waals surface area contributed by atoms with E-state index in [-0.39, 0.29) is 0 Å². The number of pyridine rings is 1. The second-order valence-corrected chi connectivity index (χ2v) is 6.10. The van der Waals surface area contributed by atoms with Gasteiger partial charge < -0.3 is 20.3 Å². The van der Waals surface area contributed by atoms with Crippen LogP contribution in [0.3, 0.4) is 0 Å². The Kier molecular flexibility index (Phi) is 5.69.